The van der Waals surface area contributed by atoms with E-state index in [0.29, 0.717) is 34.7 Å². The highest BCUT2D eigenvalue weighted by molar-refractivity contribution is 6.08. The predicted molar refractivity (Wildman–Crippen MR) is 212 cm³/mol. The fourth-order valence-corrected chi connectivity index (χ4v) is 8.40. The van der Waals surface area contributed by atoms with Crippen LogP contribution in [0.5, 0.6) is 0 Å². The highest BCUT2D eigenvalue weighted by Gasteiger charge is 2.32. The number of rotatable bonds is 9. The van der Waals surface area contributed by atoms with E-state index in [1.54, 1.807) is 30.2 Å². The Hall–Kier alpha value is -5.93. The third kappa shape index (κ3) is 7.71. The second kappa shape index (κ2) is 16.1. The van der Waals surface area contributed by atoms with Crippen molar-refractivity contribution in [3.63, 3.8) is 0 Å². The van der Waals surface area contributed by atoms with Crippen molar-refractivity contribution in [2.75, 3.05) is 63.6 Å². The monoisotopic (exact) mass is 796 g/mol. The van der Waals surface area contributed by atoms with E-state index in [1.165, 1.54) is 26.0 Å². The van der Waals surface area contributed by atoms with Crippen LogP contribution in [0.3, 0.4) is 0 Å². The van der Waals surface area contributed by atoms with E-state index in [4.69, 9.17) is 0 Å². The number of carbonyl (C=O) groups excluding carboxylic acids is 3. The summed E-state index contributed by atoms with van der Waals surface area (Å²) in [4.78, 5) is 61.8. The molecule has 0 radical (unpaired) electrons. The highest BCUT2D eigenvalue weighted by Crippen LogP contribution is 2.35. The first-order valence-electron chi connectivity index (χ1n) is 19.6. The topological polar surface area (TPSA) is 160 Å². The van der Waals surface area contributed by atoms with Gasteiger partial charge in [0.25, 0.3) is 12.3 Å². The van der Waals surface area contributed by atoms with Crippen molar-refractivity contribution in [1.82, 2.24) is 48.6 Å². The molecule has 2 N–H and O–H groups in total. The number of piperidine rings is 1. The number of nitrogens with zero attached hydrogens (tertiary/aromatic N) is 10. The molecule has 3 amide bonds. The Labute approximate surface area is 332 Å². The summed E-state index contributed by atoms with van der Waals surface area (Å²) in [5.74, 6) is 5.67. The molecular weight excluding hydrogens is 751 g/mol. The van der Waals surface area contributed by atoms with Gasteiger partial charge in [-0.1, -0.05) is 17.9 Å². The maximum absolute atomic E-state index is 14.1. The Morgan fingerprint density at radius 2 is 1.78 bits per heavy atom. The number of amides is 3. The van der Waals surface area contributed by atoms with Gasteiger partial charge in [0.1, 0.15) is 11.6 Å². The van der Waals surface area contributed by atoms with Crippen LogP contribution in [0.2, 0.25) is 0 Å². The number of alkyl halides is 2. The smallest absolute Gasteiger partial charge is 0.329 e. The quantitative estimate of drug-likeness (QED) is 0.168. The van der Waals surface area contributed by atoms with Crippen molar-refractivity contribution in [3.05, 3.63) is 70.3 Å². The van der Waals surface area contributed by atoms with Gasteiger partial charge < -0.3 is 15.1 Å². The summed E-state index contributed by atoms with van der Waals surface area (Å²) in [5, 5.41) is 13.5. The first-order chi connectivity index (χ1) is 27.9. The van der Waals surface area contributed by atoms with E-state index in [9.17, 15) is 28.0 Å². The van der Waals surface area contributed by atoms with E-state index >= 15 is 0 Å². The average Bonchev–Trinajstić information content (AvgIpc) is 3.90. The Morgan fingerprint density at radius 1 is 1.02 bits per heavy atom. The van der Waals surface area contributed by atoms with Gasteiger partial charge >= 0.3 is 5.69 Å². The van der Waals surface area contributed by atoms with Crippen LogP contribution in [0.4, 0.5) is 20.2 Å². The van der Waals surface area contributed by atoms with E-state index in [0.717, 1.165) is 64.1 Å². The van der Waals surface area contributed by atoms with E-state index in [1.807, 2.05) is 31.1 Å². The van der Waals surface area contributed by atoms with Crippen LogP contribution >= 0.6 is 0 Å². The largest absolute Gasteiger partial charge is 0.375 e. The van der Waals surface area contributed by atoms with Crippen molar-refractivity contribution >= 4 is 45.8 Å². The Balaban J connectivity index is 0.828. The van der Waals surface area contributed by atoms with Gasteiger partial charge in [-0.05, 0) is 50.2 Å². The summed E-state index contributed by atoms with van der Waals surface area (Å²) in [7, 11) is 5.41. The molecule has 5 aromatic rings. The summed E-state index contributed by atoms with van der Waals surface area (Å²) in [5.41, 5.74) is 2.49. The van der Waals surface area contributed by atoms with Gasteiger partial charge in [-0.15, -0.1) is 0 Å². The van der Waals surface area contributed by atoms with Crippen LogP contribution in [0, 0.1) is 17.8 Å². The van der Waals surface area contributed by atoms with Crippen molar-refractivity contribution in [2.24, 2.45) is 13.0 Å². The van der Waals surface area contributed by atoms with Crippen molar-refractivity contribution in [1.29, 1.82) is 0 Å². The number of benzene rings is 1. The number of hydrogen-bond acceptors (Lipinski definition) is 10. The summed E-state index contributed by atoms with van der Waals surface area (Å²) < 4.78 is 34.3. The number of halogens is 2. The van der Waals surface area contributed by atoms with Crippen LogP contribution < -0.4 is 21.2 Å². The van der Waals surface area contributed by atoms with E-state index in [2.05, 4.69) is 47.5 Å². The first kappa shape index (κ1) is 38.9. The lowest BCUT2D eigenvalue weighted by atomic mass is 9.85. The molecule has 6 heterocycles. The molecule has 3 fully saturated rings. The van der Waals surface area contributed by atoms with Gasteiger partial charge in [-0.25, -0.2) is 23.1 Å². The number of fused-ring (bicyclic) bond motifs is 2. The fraction of sp³-hybridized carbons (Fsp3) is 0.475. The second-order valence-corrected chi connectivity index (χ2v) is 15.6. The Morgan fingerprint density at radius 3 is 2.50 bits per heavy atom. The van der Waals surface area contributed by atoms with Crippen molar-refractivity contribution in [2.45, 2.75) is 57.0 Å². The molecule has 1 saturated carbocycles. The number of carbonyl (C=O) groups is 3. The Kier molecular flexibility index (Phi) is 10.8. The number of aromatic nitrogens is 7. The van der Waals surface area contributed by atoms with Crippen LogP contribution in [-0.2, 0) is 16.6 Å². The maximum Gasteiger partial charge on any atom is 0.329 e. The number of imide groups is 1. The highest BCUT2D eigenvalue weighted by atomic mass is 19.3. The summed E-state index contributed by atoms with van der Waals surface area (Å²) in [6.45, 7) is 5.13. The molecule has 18 heteroatoms. The molecule has 2 aliphatic heterocycles. The van der Waals surface area contributed by atoms with Crippen molar-refractivity contribution in [3.8, 4) is 11.8 Å². The molecule has 1 unspecified atom stereocenters. The number of para-hydroxylation sites is 1. The number of piperazine rings is 1. The molecule has 16 nitrogen and oxygen atoms in total. The minimum atomic E-state index is -2.86. The molecule has 58 heavy (non-hydrogen) atoms. The fourth-order valence-electron chi connectivity index (χ4n) is 8.40. The SMILES string of the molecule is CN(C)c1cnc2c(C(=O)Nc3cn(C4CCC(CN5CCN(CC#Cc6cccc7c6n(C)c(=O)n7C6CCC(=O)NC6=O)CC5)CC4)nc3C(F)F)cnn2c1. The van der Waals surface area contributed by atoms with Crippen LogP contribution in [0.15, 0.2) is 47.8 Å². The normalized spacial score (nSPS) is 20.7. The summed E-state index contributed by atoms with van der Waals surface area (Å²) in [6.07, 6.45) is 7.36. The molecule has 0 spiro atoms. The zero-order chi connectivity index (χ0) is 40.7. The molecule has 0 bridgehead atoms. The summed E-state index contributed by atoms with van der Waals surface area (Å²) >= 11 is 0. The maximum atomic E-state index is 14.1. The number of anilines is 2. The zero-order valence-corrected chi connectivity index (χ0v) is 32.7. The third-order valence-electron chi connectivity index (χ3n) is 11.6. The minimum absolute atomic E-state index is 0.0134. The van der Waals surface area contributed by atoms with Gasteiger partial charge in [0.05, 0.1) is 59.1 Å². The van der Waals surface area contributed by atoms with Gasteiger partial charge in [0, 0.05) is 66.5 Å². The molecular formula is C40H46F2N12O4. The number of imidazole rings is 1. The molecule has 1 aliphatic carbocycles. The Bertz CT molecular complexity index is 2490. The molecule has 2 saturated heterocycles. The molecule has 3 aliphatic rings. The second-order valence-electron chi connectivity index (χ2n) is 15.6. The number of aryl methyl sites for hydroxylation is 1. The van der Waals surface area contributed by atoms with Crippen LogP contribution in [0.25, 0.3) is 16.7 Å². The minimum Gasteiger partial charge on any atom is -0.375 e. The van der Waals surface area contributed by atoms with E-state index in [-0.39, 0.29) is 41.7 Å². The standard InChI is InChI=1S/C40H46F2N12O4/c1-48(2)28-20-43-37-29(21-44-53(37)23-28)38(56)45-30-24-52(47-34(30)36(41)42)27-11-9-25(10-12-27)22-51-18-16-50(17-19-51)15-5-7-26-6-4-8-31-35(26)49(3)40(58)54(31)32-13-14-33(55)46-39(32)57/h4,6,8,20-21,23-25,27,32,36H,9-19,22H2,1-3H3,(H,45,56)(H,46,55,57). The lowest BCUT2D eigenvalue weighted by Gasteiger charge is -2.37. The van der Waals surface area contributed by atoms with Crippen LogP contribution in [0.1, 0.15) is 78.6 Å². The van der Waals surface area contributed by atoms with Crippen molar-refractivity contribution < 1.29 is 23.2 Å². The average molecular weight is 797 g/mol. The predicted octanol–water partition coefficient (Wildman–Crippen LogP) is 3.21. The molecule has 8 rings (SSSR count). The molecule has 1 aromatic carbocycles. The zero-order valence-electron chi connectivity index (χ0n) is 32.7. The summed E-state index contributed by atoms with van der Waals surface area (Å²) in [6, 6.07) is 4.72. The van der Waals surface area contributed by atoms with Gasteiger partial charge in [-0.3, -0.25) is 38.4 Å². The van der Waals surface area contributed by atoms with Gasteiger partial charge in [0.2, 0.25) is 11.8 Å². The molecule has 1 atom stereocenters. The lowest BCUT2D eigenvalue weighted by Crippen LogP contribution is -2.48. The lowest BCUT2D eigenvalue weighted by molar-refractivity contribution is -0.135. The first-order valence-corrected chi connectivity index (χ1v) is 19.6. The number of hydrogen-bond donors (Lipinski definition) is 2. The molecule has 304 valence electrons. The third-order valence-corrected chi connectivity index (χ3v) is 11.6. The van der Waals surface area contributed by atoms with Gasteiger partial charge in [0.15, 0.2) is 11.3 Å². The van der Waals surface area contributed by atoms with Gasteiger partial charge in [-0.2, -0.15) is 10.2 Å². The number of nitrogens with one attached hydrogen (secondary N) is 2. The van der Waals surface area contributed by atoms with Crippen LogP contribution in [-0.4, -0.2) is 114 Å². The molecule has 4 aromatic heterocycles. The van der Waals surface area contributed by atoms with E-state index < -0.39 is 30.0 Å².